The molecule has 1 unspecified atom stereocenters. The van der Waals surface area contributed by atoms with E-state index >= 15 is 0 Å². The minimum atomic E-state index is 0. The molecular formula is C26H25Cl3N2O3. The van der Waals surface area contributed by atoms with Crippen molar-refractivity contribution < 1.29 is 14.2 Å². The third kappa shape index (κ3) is 4.66. The Bertz CT molecular complexity index is 1320. The molecule has 1 aromatic heterocycles. The van der Waals surface area contributed by atoms with Crippen LogP contribution in [0.25, 0.3) is 10.9 Å². The van der Waals surface area contributed by atoms with Gasteiger partial charge < -0.3 is 24.5 Å². The van der Waals surface area contributed by atoms with Crippen molar-refractivity contribution in [2.24, 2.45) is 0 Å². The number of H-pyrrole nitrogens is 1. The highest BCUT2D eigenvalue weighted by molar-refractivity contribution is 6.42. The number of ether oxygens (including phenoxy) is 3. The molecule has 0 saturated heterocycles. The molecule has 0 aliphatic carbocycles. The summed E-state index contributed by atoms with van der Waals surface area (Å²) < 4.78 is 17.1. The lowest BCUT2D eigenvalue weighted by Gasteiger charge is -2.25. The summed E-state index contributed by atoms with van der Waals surface area (Å²) in [5, 5.41) is 5.88. The Morgan fingerprint density at radius 1 is 0.912 bits per heavy atom. The van der Waals surface area contributed by atoms with Gasteiger partial charge in [0.1, 0.15) is 12.4 Å². The molecule has 2 heterocycles. The lowest BCUT2D eigenvalue weighted by molar-refractivity contribution is 0.284. The van der Waals surface area contributed by atoms with Crippen molar-refractivity contribution in [3.63, 3.8) is 0 Å². The van der Waals surface area contributed by atoms with Crippen LogP contribution in [0, 0.1) is 0 Å². The molecule has 0 bridgehead atoms. The number of aromatic amines is 1. The van der Waals surface area contributed by atoms with E-state index in [0.717, 1.165) is 35.4 Å². The second kappa shape index (κ2) is 10.4. The largest absolute Gasteiger partial charge is 0.497 e. The Morgan fingerprint density at radius 3 is 2.53 bits per heavy atom. The first-order valence-corrected chi connectivity index (χ1v) is 11.5. The van der Waals surface area contributed by atoms with Crippen LogP contribution < -0.4 is 19.5 Å². The predicted octanol–water partition coefficient (Wildman–Crippen LogP) is 6.73. The summed E-state index contributed by atoms with van der Waals surface area (Å²) in [6.45, 7) is 1.25. The maximum absolute atomic E-state index is 6.12. The van der Waals surface area contributed by atoms with E-state index in [1.165, 1.54) is 16.6 Å². The molecule has 0 saturated carbocycles. The van der Waals surface area contributed by atoms with Crippen LogP contribution in [0.5, 0.6) is 17.2 Å². The molecule has 3 aromatic carbocycles. The number of hydrogen-bond acceptors (Lipinski definition) is 4. The highest BCUT2D eigenvalue weighted by atomic mass is 35.5. The Hall–Kier alpha value is -2.57. The second-order valence-electron chi connectivity index (χ2n) is 8.01. The zero-order valence-electron chi connectivity index (χ0n) is 18.8. The average molecular weight is 520 g/mol. The standard InChI is InChI=1S/C26H24Cl2N2O3.ClH/c1-31-17-5-7-22-19(13-17)18-9-10-29-25(26(18)30-22)16-4-8-23(24(12-16)32-2)33-14-15-3-6-20(27)21(28)11-15;/h3-8,11-13,25,29-30H,9-10,14H2,1-2H3;1H. The van der Waals surface area contributed by atoms with Gasteiger partial charge in [-0.15, -0.1) is 12.4 Å². The molecule has 1 aliphatic rings. The number of benzene rings is 3. The Balaban J connectivity index is 0.00000274. The van der Waals surface area contributed by atoms with Crippen molar-refractivity contribution in [1.82, 2.24) is 10.3 Å². The van der Waals surface area contributed by atoms with Crippen molar-refractivity contribution in [1.29, 1.82) is 0 Å². The average Bonchev–Trinajstić information content (AvgIpc) is 3.22. The maximum atomic E-state index is 6.12. The Kier molecular flexibility index (Phi) is 7.48. The summed E-state index contributed by atoms with van der Waals surface area (Å²) in [6.07, 6.45) is 0.959. The summed E-state index contributed by atoms with van der Waals surface area (Å²) in [4.78, 5) is 3.61. The van der Waals surface area contributed by atoms with Crippen LogP contribution in [0.3, 0.4) is 0 Å². The molecule has 2 N–H and O–H groups in total. The summed E-state index contributed by atoms with van der Waals surface area (Å²) in [5.41, 5.74) is 5.65. The van der Waals surface area contributed by atoms with Crippen LogP contribution in [-0.2, 0) is 13.0 Å². The van der Waals surface area contributed by atoms with Crippen LogP contribution in [0.4, 0.5) is 0 Å². The van der Waals surface area contributed by atoms with Crippen LogP contribution in [-0.4, -0.2) is 25.7 Å². The summed E-state index contributed by atoms with van der Waals surface area (Å²) >= 11 is 12.1. The minimum absolute atomic E-state index is 0. The third-order valence-electron chi connectivity index (χ3n) is 6.06. The van der Waals surface area contributed by atoms with Gasteiger partial charge in [-0.25, -0.2) is 0 Å². The van der Waals surface area contributed by atoms with Gasteiger partial charge >= 0.3 is 0 Å². The zero-order chi connectivity index (χ0) is 22.9. The number of halogens is 3. The van der Waals surface area contributed by atoms with E-state index in [1.807, 2.05) is 30.3 Å². The van der Waals surface area contributed by atoms with E-state index in [2.05, 4.69) is 28.5 Å². The monoisotopic (exact) mass is 518 g/mol. The van der Waals surface area contributed by atoms with Gasteiger partial charge in [0.25, 0.3) is 0 Å². The Morgan fingerprint density at radius 2 is 1.76 bits per heavy atom. The molecule has 178 valence electrons. The van der Waals surface area contributed by atoms with Crippen LogP contribution in [0.15, 0.2) is 54.6 Å². The van der Waals surface area contributed by atoms with Gasteiger partial charge in [0.15, 0.2) is 11.5 Å². The number of aromatic nitrogens is 1. The fourth-order valence-electron chi connectivity index (χ4n) is 4.39. The quantitative estimate of drug-likeness (QED) is 0.297. The number of fused-ring (bicyclic) bond motifs is 3. The number of nitrogens with one attached hydrogen (secondary N) is 2. The zero-order valence-corrected chi connectivity index (χ0v) is 21.1. The molecule has 0 radical (unpaired) electrons. The first-order chi connectivity index (χ1) is 16.1. The number of methoxy groups -OCH3 is 2. The smallest absolute Gasteiger partial charge is 0.161 e. The molecule has 1 aliphatic heterocycles. The van der Waals surface area contributed by atoms with Crippen LogP contribution in [0.2, 0.25) is 10.0 Å². The molecule has 5 nitrogen and oxygen atoms in total. The highest BCUT2D eigenvalue weighted by Gasteiger charge is 2.26. The predicted molar refractivity (Wildman–Crippen MR) is 139 cm³/mol. The molecule has 34 heavy (non-hydrogen) atoms. The molecule has 4 aromatic rings. The highest BCUT2D eigenvalue weighted by Crippen LogP contribution is 2.38. The fraction of sp³-hybridized carbons (Fsp3) is 0.231. The van der Waals surface area contributed by atoms with Gasteiger partial charge in [-0.05, 0) is 65.6 Å². The molecule has 8 heteroatoms. The van der Waals surface area contributed by atoms with Gasteiger partial charge in [-0.2, -0.15) is 0 Å². The summed E-state index contributed by atoms with van der Waals surface area (Å²) in [7, 11) is 3.35. The molecule has 0 spiro atoms. The first kappa shape index (κ1) is 24.6. The Labute approximate surface area is 214 Å². The van der Waals surface area contributed by atoms with E-state index in [4.69, 9.17) is 37.4 Å². The topological polar surface area (TPSA) is 55.5 Å². The maximum Gasteiger partial charge on any atom is 0.161 e. The van der Waals surface area contributed by atoms with Crippen LogP contribution >= 0.6 is 35.6 Å². The fourth-order valence-corrected chi connectivity index (χ4v) is 4.71. The normalized spacial score (nSPS) is 14.9. The van der Waals surface area contributed by atoms with E-state index in [0.29, 0.717) is 28.2 Å². The van der Waals surface area contributed by atoms with E-state index < -0.39 is 0 Å². The molecule has 0 fully saturated rings. The van der Waals surface area contributed by atoms with Gasteiger partial charge in [0.2, 0.25) is 0 Å². The van der Waals surface area contributed by atoms with Gasteiger partial charge in [0, 0.05) is 23.1 Å². The van der Waals surface area contributed by atoms with E-state index in [9.17, 15) is 0 Å². The first-order valence-electron chi connectivity index (χ1n) is 10.7. The lowest BCUT2D eigenvalue weighted by atomic mass is 9.94. The lowest BCUT2D eigenvalue weighted by Crippen LogP contribution is -2.30. The van der Waals surface area contributed by atoms with Gasteiger partial charge in [-0.1, -0.05) is 35.3 Å². The molecule has 1 atom stereocenters. The number of hydrogen-bond donors (Lipinski definition) is 2. The van der Waals surface area contributed by atoms with E-state index in [-0.39, 0.29) is 18.4 Å². The summed E-state index contributed by atoms with van der Waals surface area (Å²) in [6, 6.07) is 17.7. The van der Waals surface area contributed by atoms with Crippen molar-refractivity contribution in [3.8, 4) is 17.2 Å². The SMILES string of the molecule is COc1ccc2[nH]c3c(c2c1)CCNC3c1ccc(OCc2ccc(Cl)c(Cl)c2)c(OC)c1.Cl. The van der Waals surface area contributed by atoms with Crippen molar-refractivity contribution in [2.75, 3.05) is 20.8 Å². The molecule has 0 amide bonds. The minimum Gasteiger partial charge on any atom is -0.497 e. The summed E-state index contributed by atoms with van der Waals surface area (Å²) in [5.74, 6) is 2.22. The van der Waals surface area contributed by atoms with Gasteiger partial charge in [-0.3, -0.25) is 0 Å². The molecular weight excluding hydrogens is 495 g/mol. The molecule has 5 rings (SSSR count). The van der Waals surface area contributed by atoms with Crippen molar-refractivity contribution in [2.45, 2.75) is 19.1 Å². The second-order valence-corrected chi connectivity index (χ2v) is 8.83. The van der Waals surface area contributed by atoms with E-state index in [1.54, 1.807) is 20.3 Å². The van der Waals surface area contributed by atoms with Gasteiger partial charge in [0.05, 0.1) is 30.3 Å². The third-order valence-corrected chi connectivity index (χ3v) is 6.80. The van der Waals surface area contributed by atoms with Crippen molar-refractivity contribution in [3.05, 3.63) is 87.0 Å². The van der Waals surface area contributed by atoms with Crippen molar-refractivity contribution >= 4 is 46.5 Å². The van der Waals surface area contributed by atoms with Crippen LogP contribution in [0.1, 0.15) is 28.4 Å². The number of rotatable bonds is 6.